The zero-order valence-corrected chi connectivity index (χ0v) is 11.2. The number of rotatable bonds is 1. The number of nitrogen functional groups attached to an aromatic ring is 1. The standard InChI is InChI=1S/C14H15ClN2O2/c15-10-6-8-4-2-1-3-5-9(8)13(14(10)18)11-7-12(16)17-19-11/h6-7,18H,1-5H2,(H2,16,17). The second-order valence-corrected chi connectivity index (χ2v) is 5.30. The smallest absolute Gasteiger partial charge is 0.173 e. The average molecular weight is 279 g/mol. The predicted octanol–water partition coefficient (Wildman–Crippen LogP) is 3.55. The summed E-state index contributed by atoms with van der Waals surface area (Å²) in [5, 5.41) is 14.3. The van der Waals surface area contributed by atoms with Gasteiger partial charge in [-0.05, 0) is 42.9 Å². The third kappa shape index (κ3) is 2.16. The van der Waals surface area contributed by atoms with Crippen molar-refractivity contribution in [1.29, 1.82) is 0 Å². The Morgan fingerprint density at radius 1 is 1.21 bits per heavy atom. The summed E-state index contributed by atoms with van der Waals surface area (Å²) in [6, 6.07) is 3.48. The summed E-state index contributed by atoms with van der Waals surface area (Å²) in [6.07, 6.45) is 5.32. The Bertz CT molecular complexity index is 622. The molecule has 0 spiro atoms. The van der Waals surface area contributed by atoms with E-state index in [1.807, 2.05) is 6.07 Å². The van der Waals surface area contributed by atoms with E-state index in [4.69, 9.17) is 21.9 Å². The minimum Gasteiger partial charge on any atom is -0.506 e. The van der Waals surface area contributed by atoms with Gasteiger partial charge >= 0.3 is 0 Å². The monoisotopic (exact) mass is 278 g/mol. The fourth-order valence-electron chi connectivity index (χ4n) is 2.71. The van der Waals surface area contributed by atoms with Crippen LogP contribution in [0.15, 0.2) is 16.7 Å². The van der Waals surface area contributed by atoms with Gasteiger partial charge in [0.2, 0.25) is 0 Å². The number of nitrogens with zero attached hydrogens (tertiary/aromatic N) is 1. The topological polar surface area (TPSA) is 72.3 Å². The molecule has 100 valence electrons. The van der Waals surface area contributed by atoms with E-state index in [2.05, 4.69) is 5.16 Å². The molecule has 1 heterocycles. The van der Waals surface area contributed by atoms with Crippen LogP contribution in [0.5, 0.6) is 5.75 Å². The van der Waals surface area contributed by atoms with Crippen molar-refractivity contribution in [1.82, 2.24) is 5.16 Å². The lowest BCUT2D eigenvalue weighted by Gasteiger charge is -2.13. The fourth-order valence-corrected chi connectivity index (χ4v) is 2.93. The zero-order valence-electron chi connectivity index (χ0n) is 10.4. The Hall–Kier alpha value is -1.68. The second-order valence-electron chi connectivity index (χ2n) is 4.90. The van der Waals surface area contributed by atoms with Crippen LogP contribution < -0.4 is 5.73 Å². The van der Waals surface area contributed by atoms with Crippen LogP contribution in [-0.4, -0.2) is 10.3 Å². The zero-order chi connectivity index (χ0) is 13.4. The van der Waals surface area contributed by atoms with Crippen molar-refractivity contribution in [3.8, 4) is 17.1 Å². The molecule has 1 aromatic heterocycles. The third-order valence-corrected chi connectivity index (χ3v) is 3.89. The number of anilines is 1. The van der Waals surface area contributed by atoms with Crippen LogP contribution in [0.1, 0.15) is 30.4 Å². The molecule has 1 aromatic carbocycles. The van der Waals surface area contributed by atoms with Crippen LogP contribution in [0.25, 0.3) is 11.3 Å². The predicted molar refractivity (Wildman–Crippen MR) is 74.3 cm³/mol. The van der Waals surface area contributed by atoms with Crippen LogP contribution in [0.4, 0.5) is 5.82 Å². The maximum absolute atomic E-state index is 10.2. The molecule has 0 amide bonds. The van der Waals surface area contributed by atoms with Crippen LogP contribution in [0, 0.1) is 0 Å². The molecule has 0 aliphatic heterocycles. The summed E-state index contributed by atoms with van der Waals surface area (Å²) in [4.78, 5) is 0. The van der Waals surface area contributed by atoms with Crippen molar-refractivity contribution >= 4 is 17.4 Å². The van der Waals surface area contributed by atoms with E-state index in [0.29, 0.717) is 22.2 Å². The highest BCUT2D eigenvalue weighted by Crippen LogP contribution is 2.42. The van der Waals surface area contributed by atoms with E-state index in [1.54, 1.807) is 6.07 Å². The van der Waals surface area contributed by atoms with Crippen LogP contribution in [-0.2, 0) is 12.8 Å². The maximum atomic E-state index is 10.2. The van der Waals surface area contributed by atoms with Gasteiger partial charge in [-0.2, -0.15) is 0 Å². The SMILES string of the molecule is Nc1cc(-c2c(O)c(Cl)cc3c2CCCCC3)on1. The molecule has 0 atom stereocenters. The molecule has 0 radical (unpaired) electrons. The highest BCUT2D eigenvalue weighted by atomic mass is 35.5. The third-order valence-electron chi connectivity index (χ3n) is 3.60. The molecule has 5 heteroatoms. The number of aromatic hydroxyl groups is 1. The molecule has 0 saturated carbocycles. The van der Waals surface area contributed by atoms with E-state index in [9.17, 15) is 5.11 Å². The fraction of sp³-hybridized carbons (Fsp3) is 0.357. The summed E-state index contributed by atoms with van der Waals surface area (Å²) in [5.74, 6) is 0.839. The molecule has 19 heavy (non-hydrogen) atoms. The molecule has 4 nitrogen and oxygen atoms in total. The summed E-state index contributed by atoms with van der Waals surface area (Å²) in [6.45, 7) is 0. The molecule has 1 aliphatic rings. The first-order valence-corrected chi connectivity index (χ1v) is 6.80. The van der Waals surface area contributed by atoms with E-state index in [-0.39, 0.29) is 5.75 Å². The summed E-state index contributed by atoms with van der Waals surface area (Å²) >= 11 is 6.12. The van der Waals surface area contributed by atoms with Crippen LogP contribution in [0.2, 0.25) is 5.02 Å². The van der Waals surface area contributed by atoms with Crippen molar-refractivity contribution in [3.05, 3.63) is 28.3 Å². The Labute approximate surface area is 116 Å². The number of hydrogen-bond acceptors (Lipinski definition) is 4. The molecule has 0 bridgehead atoms. The molecule has 0 fully saturated rings. The van der Waals surface area contributed by atoms with Crippen molar-refractivity contribution in [2.75, 3.05) is 5.73 Å². The van der Waals surface area contributed by atoms with Crippen molar-refractivity contribution in [2.24, 2.45) is 0 Å². The Kier molecular flexibility index (Phi) is 3.11. The molecule has 3 N–H and O–H groups in total. The van der Waals surface area contributed by atoms with E-state index < -0.39 is 0 Å². The molecule has 0 saturated heterocycles. The molecule has 1 aliphatic carbocycles. The Morgan fingerprint density at radius 3 is 2.74 bits per heavy atom. The minimum absolute atomic E-state index is 0.0541. The van der Waals surface area contributed by atoms with Crippen molar-refractivity contribution in [3.63, 3.8) is 0 Å². The lowest BCUT2D eigenvalue weighted by Crippen LogP contribution is -1.96. The quantitative estimate of drug-likeness (QED) is 0.783. The number of halogens is 1. The van der Waals surface area contributed by atoms with Gasteiger partial charge in [-0.1, -0.05) is 23.2 Å². The Morgan fingerprint density at radius 2 is 2.00 bits per heavy atom. The van der Waals surface area contributed by atoms with Gasteiger partial charge in [0.25, 0.3) is 0 Å². The van der Waals surface area contributed by atoms with Gasteiger partial charge in [0, 0.05) is 6.07 Å². The summed E-state index contributed by atoms with van der Waals surface area (Å²) < 4.78 is 5.20. The first-order valence-electron chi connectivity index (χ1n) is 6.42. The molecular weight excluding hydrogens is 264 g/mol. The number of benzene rings is 1. The number of fused-ring (bicyclic) bond motifs is 1. The number of phenols is 1. The van der Waals surface area contributed by atoms with Gasteiger partial charge in [-0.25, -0.2) is 0 Å². The van der Waals surface area contributed by atoms with Gasteiger partial charge in [-0.3, -0.25) is 0 Å². The lowest BCUT2D eigenvalue weighted by atomic mass is 9.94. The number of nitrogens with two attached hydrogens (primary N) is 1. The lowest BCUT2D eigenvalue weighted by molar-refractivity contribution is 0.428. The number of aromatic nitrogens is 1. The second kappa shape index (κ2) is 4.78. The van der Waals surface area contributed by atoms with Gasteiger partial charge in [0.1, 0.15) is 5.75 Å². The maximum Gasteiger partial charge on any atom is 0.173 e. The molecular formula is C14H15ClN2O2. The van der Waals surface area contributed by atoms with Gasteiger partial charge in [0.05, 0.1) is 10.6 Å². The van der Waals surface area contributed by atoms with Crippen molar-refractivity contribution in [2.45, 2.75) is 32.1 Å². The number of aryl methyl sites for hydroxylation is 1. The van der Waals surface area contributed by atoms with Crippen LogP contribution in [0.3, 0.4) is 0 Å². The molecule has 2 aromatic rings. The van der Waals surface area contributed by atoms with Gasteiger partial charge in [0.15, 0.2) is 11.6 Å². The first-order chi connectivity index (χ1) is 9.16. The van der Waals surface area contributed by atoms with Crippen LogP contribution >= 0.6 is 11.6 Å². The minimum atomic E-state index is 0.0541. The highest BCUT2D eigenvalue weighted by molar-refractivity contribution is 6.32. The molecule has 3 rings (SSSR count). The van der Waals surface area contributed by atoms with Crippen molar-refractivity contribution < 1.29 is 9.63 Å². The van der Waals surface area contributed by atoms with E-state index in [0.717, 1.165) is 31.2 Å². The van der Waals surface area contributed by atoms with E-state index >= 15 is 0 Å². The average Bonchev–Trinajstić information content (AvgIpc) is 2.67. The van der Waals surface area contributed by atoms with Gasteiger partial charge < -0.3 is 15.4 Å². The summed E-state index contributed by atoms with van der Waals surface area (Å²) in [5.41, 5.74) is 8.53. The normalized spacial score (nSPS) is 15.0. The number of hydrogen-bond donors (Lipinski definition) is 2. The largest absolute Gasteiger partial charge is 0.506 e. The number of phenolic OH excluding ortho intramolecular Hbond substituents is 1. The Balaban J connectivity index is 2.24. The summed E-state index contributed by atoms with van der Waals surface area (Å²) in [7, 11) is 0. The first kappa shape index (κ1) is 12.4. The van der Waals surface area contributed by atoms with Gasteiger partial charge in [-0.15, -0.1) is 0 Å². The molecule has 0 unspecified atom stereocenters. The highest BCUT2D eigenvalue weighted by Gasteiger charge is 2.22. The van der Waals surface area contributed by atoms with E-state index in [1.165, 1.54) is 12.0 Å².